The lowest BCUT2D eigenvalue weighted by Gasteiger charge is -2.09. The van der Waals surface area contributed by atoms with Crippen LogP contribution in [-0.2, 0) is 16.0 Å². The fourth-order valence-electron chi connectivity index (χ4n) is 2.45. The lowest BCUT2D eigenvalue weighted by molar-refractivity contribution is -0.122. The average Bonchev–Trinajstić information content (AvgIpc) is 2.65. The van der Waals surface area contributed by atoms with Gasteiger partial charge in [0.15, 0.2) is 0 Å². The number of benzene rings is 2. The molecule has 0 fully saturated rings. The third-order valence-corrected chi connectivity index (χ3v) is 4.15. The van der Waals surface area contributed by atoms with Crippen molar-refractivity contribution in [1.82, 2.24) is 16.0 Å². The molecule has 0 aliphatic carbocycles. The van der Waals surface area contributed by atoms with E-state index in [2.05, 4.69) is 16.0 Å². The Labute approximate surface area is 171 Å². The molecule has 3 amide bonds. The Morgan fingerprint density at radius 3 is 2.21 bits per heavy atom. The number of amides is 3. The van der Waals surface area contributed by atoms with E-state index >= 15 is 0 Å². The van der Waals surface area contributed by atoms with E-state index in [4.69, 9.17) is 11.6 Å². The quantitative estimate of drug-likeness (QED) is 0.540. The zero-order valence-corrected chi connectivity index (χ0v) is 16.2. The van der Waals surface area contributed by atoms with Crippen LogP contribution in [0.3, 0.4) is 0 Å². The summed E-state index contributed by atoms with van der Waals surface area (Å²) in [6.07, 6.45) is 0.0749. The van der Waals surface area contributed by atoms with E-state index in [1.54, 1.807) is 6.07 Å². The summed E-state index contributed by atoms with van der Waals surface area (Å²) < 4.78 is 26.1. The molecule has 0 aromatic heterocycles. The highest BCUT2D eigenvalue weighted by molar-refractivity contribution is 6.33. The summed E-state index contributed by atoms with van der Waals surface area (Å²) in [5.41, 5.74) is 0.679. The first-order chi connectivity index (χ1) is 13.8. The molecule has 2 aromatic carbocycles. The molecule has 154 valence electrons. The Bertz CT molecular complexity index is 893. The predicted molar refractivity (Wildman–Crippen MR) is 104 cm³/mol. The average molecular weight is 424 g/mol. The van der Waals surface area contributed by atoms with Gasteiger partial charge in [-0.1, -0.05) is 23.7 Å². The van der Waals surface area contributed by atoms with Crippen molar-refractivity contribution in [3.8, 4) is 0 Å². The SMILES string of the molecule is O=C(CCNC(=O)c1ccc(F)cc1Cl)NCCNC(=O)Cc1cccc(F)c1. The van der Waals surface area contributed by atoms with Crippen molar-refractivity contribution in [3.05, 3.63) is 70.2 Å². The lowest BCUT2D eigenvalue weighted by atomic mass is 10.1. The van der Waals surface area contributed by atoms with Crippen molar-refractivity contribution in [1.29, 1.82) is 0 Å². The summed E-state index contributed by atoms with van der Waals surface area (Å²) in [6.45, 7) is 0.507. The molecule has 29 heavy (non-hydrogen) atoms. The zero-order valence-electron chi connectivity index (χ0n) is 15.4. The Hall–Kier alpha value is -3.00. The van der Waals surface area contributed by atoms with Gasteiger partial charge in [0.05, 0.1) is 17.0 Å². The smallest absolute Gasteiger partial charge is 0.252 e. The van der Waals surface area contributed by atoms with E-state index in [9.17, 15) is 23.2 Å². The molecule has 0 radical (unpaired) electrons. The van der Waals surface area contributed by atoms with Crippen molar-refractivity contribution in [2.75, 3.05) is 19.6 Å². The van der Waals surface area contributed by atoms with Gasteiger partial charge in [-0.05, 0) is 35.9 Å². The highest BCUT2D eigenvalue weighted by atomic mass is 35.5. The third-order valence-electron chi connectivity index (χ3n) is 3.84. The monoisotopic (exact) mass is 423 g/mol. The molecule has 0 saturated carbocycles. The maximum absolute atomic E-state index is 13.1. The number of carbonyl (C=O) groups is 3. The Kier molecular flexibility index (Phi) is 8.54. The summed E-state index contributed by atoms with van der Waals surface area (Å²) in [4.78, 5) is 35.5. The van der Waals surface area contributed by atoms with Crippen molar-refractivity contribution < 1.29 is 23.2 Å². The fourth-order valence-corrected chi connectivity index (χ4v) is 2.70. The Morgan fingerprint density at radius 2 is 1.52 bits per heavy atom. The predicted octanol–water partition coefficient (Wildman–Crippen LogP) is 2.21. The molecular formula is C20H20ClF2N3O3. The Balaban J connectivity index is 1.60. The van der Waals surface area contributed by atoms with Gasteiger partial charge < -0.3 is 16.0 Å². The first-order valence-electron chi connectivity index (χ1n) is 8.86. The van der Waals surface area contributed by atoms with E-state index in [-0.39, 0.29) is 54.9 Å². The van der Waals surface area contributed by atoms with E-state index in [1.807, 2.05) is 0 Å². The standard InChI is InChI=1S/C20H20ClF2N3O3/c21-17-12-15(23)4-5-16(17)20(29)26-7-6-18(27)24-8-9-25-19(28)11-13-2-1-3-14(22)10-13/h1-5,10,12H,6-9,11H2,(H,24,27)(H,25,28)(H,26,29). The summed E-state index contributed by atoms with van der Waals surface area (Å²) in [6, 6.07) is 9.18. The van der Waals surface area contributed by atoms with Crippen LogP contribution in [-0.4, -0.2) is 37.4 Å². The molecule has 0 saturated heterocycles. The highest BCUT2D eigenvalue weighted by Gasteiger charge is 2.11. The fraction of sp³-hybridized carbons (Fsp3) is 0.250. The van der Waals surface area contributed by atoms with Crippen LogP contribution in [0.5, 0.6) is 0 Å². The van der Waals surface area contributed by atoms with Crippen molar-refractivity contribution >= 4 is 29.3 Å². The minimum atomic E-state index is -0.547. The normalized spacial score (nSPS) is 10.3. The minimum absolute atomic E-state index is 0.0130. The molecule has 0 unspecified atom stereocenters. The maximum Gasteiger partial charge on any atom is 0.252 e. The molecule has 2 aromatic rings. The topological polar surface area (TPSA) is 87.3 Å². The summed E-state index contributed by atoms with van der Waals surface area (Å²) in [5, 5.41) is 7.73. The molecule has 0 spiro atoms. The molecule has 0 aliphatic heterocycles. The van der Waals surface area contributed by atoms with Gasteiger partial charge in [-0.25, -0.2) is 8.78 Å². The lowest BCUT2D eigenvalue weighted by Crippen LogP contribution is -2.36. The number of carbonyl (C=O) groups excluding carboxylic acids is 3. The van der Waals surface area contributed by atoms with Crippen LogP contribution in [0.4, 0.5) is 8.78 Å². The van der Waals surface area contributed by atoms with Crippen molar-refractivity contribution in [3.63, 3.8) is 0 Å². The molecule has 0 atom stereocenters. The van der Waals surface area contributed by atoms with Crippen LogP contribution in [0, 0.1) is 11.6 Å². The summed E-state index contributed by atoms with van der Waals surface area (Å²) in [5.74, 6) is -2.05. The summed E-state index contributed by atoms with van der Waals surface area (Å²) in [7, 11) is 0. The second-order valence-electron chi connectivity index (χ2n) is 6.14. The van der Waals surface area contributed by atoms with E-state index in [0.717, 1.165) is 12.1 Å². The molecule has 0 heterocycles. The molecule has 0 bridgehead atoms. The number of hydrogen-bond acceptors (Lipinski definition) is 3. The molecule has 3 N–H and O–H groups in total. The maximum atomic E-state index is 13.1. The van der Waals surface area contributed by atoms with Crippen LogP contribution in [0.1, 0.15) is 22.3 Å². The largest absolute Gasteiger partial charge is 0.354 e. The molecular weight excluding hydrogens is 404 g/mol. The van der Waals surface area contributed by atoms with Gasteiger partial charge in [0.2, 0.25) is 11.8 Å². The summed E-state index contributed by atoms with van der Waals surface area (Å²) >= 11 is 5.80. The van der Waals surface area contributed by atoms with Gasteiger partial charge in [0.25, 0.3) is 5.91 Å². The van der Waals surface area contributed by atoms with Crippen LogP contribution >= 0.6 is 11.6 Å². The van der Waals surface area contributed by atoms with Gasteiger partial charge in [0.1, 0.15) is 11.6 Å². The third kappa shape index (κ3) is 7.87. The van der Waals surface area contributed by atoms with Gasteiger partial charge in [-0.15, -0.1) is 0 Å². The first-order valence-corrected chi connectivity index (χ1v) is 9.24. The number of halogens is 3. The number of hydrogen-bond donors (Lipinski definition) is 3. The highest BCUT2D eigenvalue weighted by Crippen LogP contribution is 2.16. The van der Waals surface area contributed by atoms with Crippen LogP contribution < -0.4 is 16.0 Å². The van der Waals surface area contributed by atoms with Crippen molar-refractivity contribution in [2.45, 2.75) is 12.8 Å². The molecule has 6 nitrogen and oxygen atoms in total. The van der Waals surface area contributed by atoms with Gasteiger partial charge in [-0.2, -0.15) is 0 Å². The van der Waals surface area contributed by atoms with Gasteiger partial charge >= 0.3 is 0 Å². The van der Waals surface area contributed by atoms with Crippen LogP contribution in [0.15, 0.2) is 42.5 Å². The van der Waals surface area contributed by atoms with Gasteiger partial charge in [-0.3, -0.25) is 14.4 Å². The Morgan fingerprint density at radius 1 is 0.828 bits per heavy atom. The van der Waals surface area contributed by atoms with E-state index < -0.39 is 17.5 Å². The van der Waals surface area contributed by atoms with Crippen LogP contribution in [0.2, 0.25) is 5.02 Å². The molecule has 9 heteroatoms. The second-order valence-corrected chi connectivity index (χ2v) is 6.54. The molecule has 2 rings (SSSR count). The first kappa shape index (κ1) is 22.3. The molecule has 0 aliphatic rings. The van der Waals surface area contributed by atoms with Crippen LogP contribution in [0.25, 0.3) is 0 Å². The van der Waals surface area contributed by atoms with E-state index in [0.29, 0.717) is 5.56 Å². The minimum Gasteiger partial charge on any atom is -0.354 e. The number of rotatable bonds is 9. The second kappa shape index (κ2) is 11.1. The van der Waals surface area contributed by atoms with E-state index in [1.165, 1.54) is 24.3 Å². The van der Waals surface area contributed by atoms with Crippen molar-refractivity contribution in [2.24, 2.45) is 0 Å². The van der Waals surface area contributed by atoms with Gasteiger partial charge in [0, 0.05) is 26.1 Å². The zero-order chi connectivity index (χ0) is 21.2. The number of nitrogens with one attached hydrogen (secondary N) is 3.